The number of ketones is 1. The predicted molar refractivity (Wildman–Crippen MR) is 195 cm³/mol. The van der Waals surface area contributed by atoms with Gasteiger partial charge < -0.3 is 9.88 Å². The Morgan fingerprint density at radius 3 is 2.18 bits per heavy atom. The van der Waals surface area contributed by atoms with Crippen molar-refractivity contribution in [1.82, 2.24) is 19.6 Å². The standard InChI is InChI=1S/C37H37FN4O6S3/c1-3-4-14-34-40-36(49-2)35(32(43)25-50(45,46)30-21-19-29(38)20-22-30)42(34)24-27-15-17-28(18-16-27)31-12-8-9-13-33(31)51(47,48)41-37(44)39-23-26-10-6-5-7-11-26/h5-13,15-22H,3-4,14,23-25H2,1-2H3,(H2,39,41,44). The van der Waals surface area contributed by atoms with Crippen molar-refractivity contribution >= 4 is 43.4 Å². The highest BCUT2D eigenvalue weighted by molar-refractivity contribution is 7.98. The van der Waals surface area contributed by atoms with Crippen LogP contribution < -0.4 is 10.0 Å². The number of amides is 2. The maximum Gasteiger partial charge on any atom is 0.328 e. The van der Waals surface area contributed by atoms with Gasteiger partial charge in [0.2, 0.25) is 0 Å². The van der Waals surface area contributed by atoms with Crippen molar-refractivity contribution in [3.8, 4) is 11.1 Å². The predicted octanol–water partition coefficient (Wildman–Crippen LogP) is 6.65. The number of Topliss-reactive ketones (excluding diaryl/α,β-unsaturated/α-hetero) is 1. The van der Waals surface area contributed by atoms with Crippen molar-refractivity contribution in [2.75, 3.05) is 12.0 Å². The zero-order valence-corrected chi connectivity index (χ0v) is 30.5. The van der Waals surface area contributed by atoms with E-state index < -0.39 is 43.2 Å². The fourth-order valence-electron chi connectivity index (χ4n) is 5.45. The molecule has 14 heteroatoms. The van der Waals surface area contributed by atoms with Gasteiger partial charge >= 0.3 is 6.03 Å². The monoisotopic (exact) mass is 748 g/mol. The van der Waals surface area contributed by atoms with Gasteiger partial charge in [-0.25, -0.2) is 35.7 Å². The van der Waals surface area contributed by atoms with Crippen LogP contribution in [0.15, 0.2) is 118 Å². The molecule has 2 amide bonds. The van der Waals surface area contributed by atoms with Crippen molar-refractivity contribution in [3.63, 3.8) is 0 Å². The molecule has 1 heterocycles. The van der Waals surface area contributed by atoms with Crippen molar-refractivity contribution in [2.24, 2.45) is 0 Å². The highest BCUT2D eigenvalue weighted by Gasteiger charge is 2.28. The smallest absolute Gasteiger partial charge is 0.328 e. The minimum absolute atomic E-state index is 0.0797. The highest BCUT2D eigenvalue weighted by Crippen LogP contribution is 2.29. The van der Waals surface area contributed by atoms with E-state index in [-0.39, 0.29) is 28.6 Å². The number of hydrogen-bond donors (Lipinski definition) is 2. The number of aromatic nitrogens is 2. The lowest BCUT2D eigenvalue weighted by Crippen LogP contribution is -2.39. The van der Waals surface area contributed by atoms with Crippen LogP contribution in [0.3, 0.4) is 0 Å². The van der Waals surface area contributed by atoms with E-state index in [9.17, 15) is 30.8 Å². The molecule has 0 saturated carbocycles. The topological polar surface area (TPSA) is 144 Å². The number of benzene rings is 4. The molecular weight excluding hydrogens is 712 g/mol. The highest BCUT2D eigenvalue weighted by atomic mass is 32.2. The molecule has 2 N–H and O–H groups in total. The Morgan fingerprint density at radius 2 is 1.51 bits per heavy atom. The van der Waals surface area contributed by atoms with E-state index in [0.717, 1.165) is 48.2 Å². The van der Waals surface area contributed by atoms with Crippen LogP contribution in [0.4, 0.5) is 9.18 Å². The van der Waals surface area contributed by atoms with Gasteiger partial charge in [0.1, 0.15) is 28.1 Å². The van der Waals surface area contributed by atoms with Crippen LogP contribution in [-0.2, 0) is 39.4 Å². The summed E-state index contributed by atoms with van der Waals surface area (Å²) in [7, 11) is -8.32. The fourth-order valence-corrected chi connectivity index (χ4v) is 8.43. The minimum Gasteiger partial charge on any atom is -0.333 e. The number of rotatable bonds is 15. The number of halogens is 1. The number of imidazole rings is 1. The number of unbranched alkanes of at least 4 members (excludes halogenated alkanes) is 1. The number of thioether (sulfide) groups is 1. The molecule has 0 aliphatic heterocycles. The molecule has 0 bridgehead atoms. The molecule has 4 aromatic carbocycles. The summed E-state index contributed by atoms with van der Waals surface area (Å²) in [6.07, 6.45) is 4.01. The summed E-state index contributed by atoms with van der Waals surface area (Å²) >= 11 is 1.25. The molecule has 5 aromatic rings. The Hall–Kier alpha value is -4.79. The first kappa shape index (κ1) is 37.5. The van der Waals surface area contributed by atoms with Crippen molar-refractivity contribution < 1.29 is 30.8 Å². The Bertz CT molecular complexity index is 2220. The van der Waals surface area contributed by atoms with E-state index in [1.807, 2.05) is 37.3 Å². The number of carbonyl (C=O) groups is 2. The molecule has 0 spiro atoms. The number of urea groups is 1. The number of nitrogens with one attached hydrogen (secondary N) is 2. The van der Waals surface area contributed by atoms with E-state index in [2.05, 4.69) is 10.0 Å². The summed E-state index contributed by atoms with van der Waals surface area (Å²) in [6, 6.07) is 26.0. The summed E-state index contributed by atoms with van der Waals surface area (Å²) in [5.74, 6) is -1.39. The summed E-state index contributed by atoms with van der Waals surface area (Å²) < 4.78 is 70.3. The third kappa shape index (κ3) is 9.31. The number of nitrogens with zero attached hydrogens (tertiary/aromatic N) is 2. The maximum absolute atomic E-state index is 13.7. The van der Waals surface area contributed by atoms with Gasteiger partial charge in [0, 0.05) is 25.1 Å². The molecule has 5 rings (SSSR count). The van der Waals surface area contributed by atoms with Crippen LogP contribution in [0.1, 0.15) is 47.2 Å². The second kappa shape index (κ2) is 16.5. The average Bonchev–Trinajstić information content (AvgIpc) is 3.47. The van der Waals surface area contributed by atoms with Crippen molar-refractivity contribution in [1.29, 1.82) is 0 Å². The fraction of sp³-hybridized carbons (Fsp3) is 0.216. The first-order valence-corrected chi connectivity index (χ1v) is 20.5. The van der Waals surface area contributed by atoms with Crippen LogP contribution in [-0.4, -0.2) is 50.2 Å². The maximum atomic E-state index is 13.7. The van der Waals surface area contributed by atoms with Gasteiger partial charge in [-0.2, -0.15) is 0 Å². The molecule has 0 aliphatic rings. The first-order valence-electron chi connectivity index (χ1n) is 16.1. The molecule has 0 unspecified atom stereocenters. The van der Waals surface area contributed by atoms with Gasteiger partial charge in [-0.05, 0) is 59.7 Å². The van der Waals surface area contributed by atoms with Gasteiger partial charge in [-0.1, -0.05) is 86.1 Å². The van der Waals surface area contributed by atoms with Gasteiger partial charge in [0.25, 0.3) is 10.0 Å². The number of hydrogen-bond acceptors (Lipinski definition) is 8. The van der Waals surface area contributed by atoms with Crippen LogP contribution in [0.5, 0.6) is 0 Å². The molecule has 0 aliphatic carbocycles. The normalized spacial score (nSPS) is 11.7. The van der Waals surface area contributed by atoms with Crippen LogP contribution in [0.25, 0.3) is 11.1 Å². The molecule has 51 heavy (non-hydrogen) atoms. The van der Waals surface area contributed by atoms with E-state index in [0.29, 0.717) is 28.4 Å². The zero-order chi connectivity index (χ0) is 36.6. The molecule has 266 valence electrons. The number of sulfonamides is 1. The molecule has 0 saturated heterocycles. The van der Waals surface area contributed by atoms with Crippen molar-refractivity contribution in [3.05, 3.63) is 132 Å². The molecule has 0 radical (unpaired) electrons. The summed E-state index contributed by atoms with van der Waals surface area (Å²) in [5, 5.41) is 2.98. The first-order chi connectivity index (χ1) is 24.4. The number of sulfone groups is 1. The van der Waals surface area contributed by atoms with Crippen LogP contribution in [0.2, 0.25) is 0 Å². The Kier molecular flexibility index (Phi) is 12.1. The van der Waals surface area contributed by atoms with E-state index in [1.54, 1.807) is 53.3 Å². The lowest BCUT2D eigenvalue weighted by molar-refractivity contribution is 0.100. The van der Waals surface area contributed by atoms with E-state index >= 15 is 0 Å². The molecular formula is C37H37FN4O6S3. The van der Waals surface area contributed by atoms with Crippen LogP contribution in [0, 0.1) is 5.82 Å². The van der Waals surface area contributed by atoms with E-state index in [4.69, 9.17) is 4.98 Å². The third-order valence-corrected chi connectivity index (χ3v) is 11.7. The number of carbonyl (C=O) groups excluding carboxylic acids is 2. The van der Waals surface area contributed by atoms with Crippen molar-refractivity contribution in [2.45, 2.75) is 54.1 Å². The SMILES string of the molecule is CCCCc1nc(SC)c(C(=O)CS(=O)(=O)c2ccc(F)cc2)n1Cc1ccc(-c2ccccc2S(=O)(=O)NC(=O)NCc2ccccc2)cc1. The molecule has 0 atom stereocenters. The molecule has 10 nitrogen and oxygen atoms in total. The van der Waals surface area contributed by atoms with Gasteiger partial charge in [0.05, 0.1) is 9.79 Å². The third-order valence-electron chi connectivity index (χ3n) is 8.03. The largest absolute Gasteiger partial charge is 0.333 e. The Labute approximate surface area is 301 Å². The lowest BCUT2D eigenvalue weighted by Gasteiger charge is -2.14. The average molecular weight is 749 g/mol. The second-order valence-electron chi connectivity index (χ2n) is 11.7. The summed E-state index contributed by atoms with van der Waals surface area (Å²) in [4.78, 5) is 30.7. The van der Waals surface area contributed by atoms with Gasteiger partial charge in [-0.3, -0.25) is 4.79 Å². The summed E-state index contributed by atoms with van der Waals surface area (Å²) in [6.45, 7) is 2.39. The summed E-state index contributed by atoms with van der Waals surface area (Å²) in [5.41, 5.74) is 2.71. The minimum atomic E-state index is -4.25. The lowest BCUT2D eigenvalue weighted by atomic mass is 10.0. The number of aryl methyl sites for hydroxylation is 1. The Morgan fingerprint density at radius 1 is 0.843 bits per heavy atom. The molecule has 0 fully saturated rings. The molecule has 1 aromatic heterocycles. The second-order valence-corrected chi connectivity index (χ2v) is 16.1. The Balaban J connectivity index is 1.39. The quantitative estimate of drug-likeness (QED) is 0.0689. The van der Waals surface area contributed by atoms with Gasteiger partial charge in [0.15, 0.2) is 15.6 Å². The van der Waals surface area contributed by atoms with Crippen LogP contribution >= 0.6 is 11.8 Å². The van der Waals surface area contributed by atoms with Gasteiger partial charge in [-0.15, -0.1) is 11.8 Å². The van der Waals surface area contributed by atoms with E-state index in [1.165, 1.54) is 17.8 Å². The zero-order valence-electron chi connectivity index (χ0n) is 28.0.